The second-order valence-corrected chi connectivity index (χ2v) is 6.11. The topological polar surface area (TPSA) is 76.4 Å². The molecule has 0 aliphatic carbocycles. The lowest BCUT2D eigenvalue weighted by Gasteiger charge is -2.34. The van der Waals surface area contributed by atoms with Gasteiger partial charge in [-0.15, -0.1) is 0 Å². The van der Waals surface area contributed by atoms with E-state index in [1.807, 2.05) is 32.0 Å². The van der Waals surface area contributed by atoms with Crippen LogP contribution in [0.2, 0.25) is 0 Å². The van der Waals surface area contributed by atoms with E-state index in [0.29, 0.717) is 31.1 Å². The maximum Gasteiger partial charge on any atom is 0.257 e. The van der Waals surface area contributed by atoms with Gasteiger partial charge >= 0.3 is 0 Å². The van der Waals surface area contributed by atoms with Crippen molar-refractivity contribution < 1.29 is 9.53 Å². The first-order valence-corrected chi connectivity index (χ1v) is 7.86. The van der Waals surface area contributed by atoms with E-state index < -0.39 is 0 Å². The standard InChI is InChI=1S/C16H22N6O2/c1-11-7-14(20(2)3)19-15(18-11)13-10-24-6-5-22(13)16(23)12-8-17-21(4)9-12/h7-9,13H,5-6,10H2,1-4H3/t13-/m0/s1. The second kappa shape index (κ2) is 6.56. The number of hydrogen-bond donors (Lipinski definition) is 0. The molecule has 1 atom stereocenters. The predicted molar refractivity (Wildman–Crippen MR) is 88.9 cm³/mol. The van der Waals surface area contributed by atoms with E-state index in [1.165, 1.54) is 0 Å². The van der Waals surface area contributed by atoms with Crippen molar-refractivity contribution in [1.82, 2.24) is 24.6 Å². The lowest BCUT2D eigenvalue weighted by molar-refractivity contribution is -0.00524. The molecular weight excluding hydrogens is 308 g/mol. The minimum Gasteiger partial charge on any atom is -0.377 e. The third-order valence-corrected chi connectivity index (χ3v) is 3.96. The number of hydrogen-bond acceptors (Lipinski definition) is 6. The second-order valence-electron chi connectivity index (χ2n) is 6.11. The van der Waals surface area contributed by atoms with Gasteiger partial charge in [-0.2, -0.15) is 5.10 Å². The smallest absolute Gasteiger partial charge is 0.257 e. The Balaban J connectivity index is 1.94. The van der Waals surface area contributed by atoms with Crippen LogP contribution in [0.4, 0.5) is 5.82 Å². The SMILES string of the molecule is Cc1cc(N(C)C)nc([C@@H]2COCCN2C(=O)c2cnn(C)c2)n1. The lowest BCUT2D eigenvalue weighted by atomic mass is 10.1. The van der Waals surface area contributed by atoms with Gasteiger partial charge in [0.15, 0.2) is 5.82 Å². The first kappa shape index (κ1) is 16.4. The molecule has 1 aliphatic rings. The van der Waals surface area contributed by atoms with Gasteiger partial charge in [0.2, 0.25) is 0 Å². The van der Waals surface area contributed by atoms with Crippen molar-refractivity contribution in [2.45, 2.75) is 13.0 Å². The molecule has 8 nitrogen and oxygen atoms in total. The summed E-state index contributed by atoms with van der Waals surface area (Å²) >= 11 is 0. The molecule has 1 aliphatic heterocycles. The summed E-state index contributed by atoms with van der Waals surface area (Å²) in [6.07, 6.45) is 3.30. The van der Waals surface area contributed by atoms with Crippen LogP contribution in [0.3, 0.4) is 0 Å². The Kier molecular flexibility index (Phi) is 4.48. The van der Waals surface area contributed by atoms with Gasteiger partial charge in [-0.1, -0.05) is 0 Å². The zero-order valence-electron chi connectivity index (χ0n) is 14.4. The van der Waals surface area contributed by atoms with Crippen LogP contribution < -0.4 is 4.90 Å². The van der Waals surface area contributed by atoms with Crippen LogP contribution in [0.5, 0.6) is 0 Å². The normalized spacial score (nSPS) is 17.8. The lowest BCUT2D eigenvalue weighted by Crippen LogP contribution is -2.44. The molecule has 3 rings (SSSR count). The number of anilines is 1. The van der Waals surface area contributed by atoms with Crippen molar-refractivity contribution in [2.75, 3.05) is 38.8 Å². The summed E-state index contributed by atoms with van der Waals surface area (Å²) in [5, 5.41) is 4.08. The highest BCUT2D eigenvalue weighted by Crippen LogP contribution is 2.25. The third-order valence-electron chi connectivity index (χ3n) is 3.96. The number of carbonyl (C=O) groups excluding carboxylic acids is 1. The molecule has 1 amide bonds. The van der Waals surface area contributed by atoms with E-state index in [0.717, 1.165) is 11.5 Å². The Morgan fingerprint density at radius 3 is 2.83 bits per heavy atom. The monoisotopic (exact) mass is 330 g/mol. The van der Waals surface area contributed by atoms with E-state index in [4.69, 9.17) is 4.74 Å². The molecule has 0 radical (unpaired) electrons. The molecule has 0 N–H and O–H groups in total. The van der Waals surface area contributed by atoms with Gasteiger partial charge < -0.3 is 14.5 Å². The number of carbonyl (C=O) groups is 1. The highest BCUT2D eigenvalue weighted by molar-refractivity contribution is 5.94. The van der Waals surface area contributed by atoms with Crippen molar-refractivity contribution in [1.29, 1.82) is 0 Å². The molecule has 0 unspecified atom stereocenters. The molecule has 0 saturated carbocycles. The molecule has 0 bridgehead atoms. The highest BCUT2D eigenvalue weighted by atomic mass is 16.5. The Labute approximate surface area is 141 Å². The van der Waals surface area contributed by atoms with Crippen molar-refractivity contribution in [2.24, 2.45) is 7.05 Å². The number of amides is 1. The number of aromatic nitrogens is 4. The molecule has 0 spiro atoms. The van der Waals surface area contributed by atoms with Crippen molar-refractivity contribution >= 4 is 11.7 Å². The van der Waals surface area contributed by atoms with Gasteiger partial charge in [-0.3, -0.25) is 9.48 Å². The largest absolute Gasteiger partial charge is 0.377 e. The van der Waals surface area contributed by atoms with Crippen LogP contribution in [-0.4, -0.2) is 64.4 Å². The highest BCUT2D eigenvalue weighted by Gasteiger charge is 2.32. The van der Waals surface area contributed by atoms with Gasteiger partial charge in [-0.05, 0) is 6.92 Å². The number of ether oxygens (including phenoxy) is 1. The number of nitrogens with zero attached hydrogens (tertiary/aromatic N) is 6. The van der Waals surface area contributed by atoms with Crippen LogP contribution in [0, 0.1) is 6.92 Å². The number of aryl methyl sites for hydroxylation is 2. The summed E-state index contributed by atoms with van der Waals surface area (Å²) in [6, 6.07) is 1.62. The first-order chi connectivity index (χ1) is 11.5. The van der Waals surface area contributed by atoms with Gasteiger partial charge in [0.05, 0.1) is 25.0 Å². The van der Waals surface area contributed by atoms with E-state index in [-0.39, 0.29) is 11.9 Å². The molecular formula is C16H22N6O2. The predicted octanol–water partition coefficient (Wildman–Crippen LogP) is 0.798. The van der Waals surface area contributed by atoms with E-state index in [9.17, 15) is 4.79 Å². The maximum absolute atomic E-state index is 12.9. The summed E-state index contributed by atoms with van der Waals surface area (Å²) in [5.41, 5.74) is 1.42. The molecule has 24 heavy (non-hydrogen) atoms. The minimum absolute atomic E-state index is 0.0760. The Bertz CT molecular complexity index is 742. The summed E-state index contributed by atoms with van der Waals surface area (Å²) in [4.78, 5) is 25.7. The maximum atomic E-state index is 12.9. The molecule has 0 aromatic carbocycles. The molecule has 2 aromatic rings. The molecule has 1 fully saturated rings. The summed E-state index contributed by atoms with van der Waals surface area (Å²) in [5.74, 6) is 1.35. The van der Waals surface area contributed by atoms with Crippen molar-refractivity contribution in [3.63, 3.8) is 0 Å². The Morgan fingerprint density at radius 1 is 1.38 bits per heavy atom. The zero-order chi connectivity index (χ0) is 17.3. The van der Waals surface area contributed by atoms with Crippen molar-refractivity contribution in [3.8, 4) is 0 Å². The number of morpholine rings is 1. The molecule has 8 heteroatoms. The molecule has 3 heterocycles. The van der Waals surface area contributed by atoms with Gasteiger partial charge in [0.25, 0.3) is 5.91 Å². The fourth-order valence-corrected chi connectivity index (χ4v) is 2.71. The molecule has 2 aromatic heterocycles. The number of rotatable bonds is 3. The van der Waals surface area contributed by atoms with Crippen LogP contribution in [0.25, 0.3) is 0 Å². The first-order valence-electron chi connectivity index (χ1n) is 7.86. The van der Waals surface area contributed by atoms with Gasteiger partial charge in [-0.25, -0.2) is 9.97 Å². The van der Waals surface area contributed by atoms with E-state index in [1.54, 1.807) is 29.0 Å². The summed E-state index contributed by atoms with van der Waals surface area (Å²) in [6.45, 7) is 3.33. The zero-order valence-corrected chi connectivity index (χ0v) is 14.4. The third kappa shape index (κ3) is 3.23. The Morgan fingerprint density at radius 2 is 2.17 bits per heavy atom. The van der Waals surface area contributed by atoms with Gasteiger partial charge in [0.1, 0.15) is 11.9 Å². The van der Waals surface area contributed by atoms with E-state index in [2.05, 4.69) is 15.1 Å². The fraction of sp³-hybridized carbons (Fsp3) is 0.500. The fourth-order valence-electron chi connectivity index (χ4n) is 2.71. The van der Waals surface area contributed by atoms with Crippen LogP contribution in [0.1, 0.15) is 27.9 Å². The summed E-state index contributed by atoms with van der Waals surface area (Å²) < 4.78 is 7.21. The molecule has 128 valence electrons. The average molecular weight is 330 g/mol. The van der Waals surface area contributed by atoms with Gasteiger partial charge in [0, 0.05) is 45.6 Å². The van der Waals surface area contributed by atoms with Crippen LogP contribution >= 0.6 is 0 Å². The van der Waals surface area contributed by atoms with E-state index >= 15 is 0 Å². The quantitative estimate of drug-likeness (QED) is 0.828. The van der Waals surface area contributed by atoms with Crippen LogP contribution in [0.15, 0.2) is 18.5 Å². The average Bonchev–Trinajstić information content (AvgIpc) is 3.00. The molecule has 1 saturated heterocycles. The van der Waals surface area contributed by atoms with Crippen LogP contribution in [-0.2, 0) is 11.8 Å². The van der Waals surface area contributed by atoms with Crippen molar-refractivity contribution in [3.05, 3.63) is 35.5 Å². The minimum atomic E-state index is -0.301. The Hall–Kier alpha value is -2.48. The summed E-state index contributed by atoms with van der Waals surface area (Å²) in [7, 11) is 5.66.